The molecule has 1 aromatic rings. The zero-order valence-electron chi connectivity index (χ0n) is 9.20. The van der Waals surface area contributed by atoms with E-state index >= 15 is 0 Å². The van der Waals surface area contributed by atoms with Crippen LogP contribution in [0.1, 0.15) is 24.1 Å². The summed E-state index contributed by atoms with van der Waals surface area (Å²) in [6.07, 6.45) is 4.23. The highest BCUT2D eigenvalue weighted by Crippen LogP contribution is 2.23. The first-order valence-corrected chi connectivity index (χ1v) is 5.88. The SMILES string of the molecule is Cc1cnc(N2CCCC2CCl)nc1C. The fourth-order valence-electron chi connectivity index (χ4n) is 1.91. The zero-order chi connectivity index (χ0) is 10.8. The van der Waals surface area contributed by atoms with Gasteiger partial charge in [0.1, 0.15) is 0 Å². The molecule has 1 aliphatic rings. The highest BCUT2D eigenvalue weighted by Gasteiger charge is 2.25. The van der Waals surface area contributed by atoms with Crippen molar-refractivity contribution in [3.63, 3.8) is 0 Å². The number of hydrogen-bond donors (Lipinski definition) is 0. The lowest BCUT2D eigenvalue weighted by molar-refractivity contribution is 0.720. The first kappa shape index (κ1) is 10.7. The Morgan fingerprint density at radius 1 is 1.53 bits per heavy atom. The largest absolute Gasteiger partial charge is 0.337 e. The number of aryl methyl sites for hydroxylation is 2. The summed E-state index contributed by atoms with van der Waals surface area (Å²) in [5.74, 6) is 1.50. The highest BCUT2D eigenvalue weighted by molar-refractivity contribution is 6.18. The Kier molecular flexibility index (Phi) is 3.10. The Labute approximate surface area is 95.5 Å². The van der Waals surface area contributed by atoms with Crippen LogP contribution in [-0.4, -0.2) is 28.4 Å². The van der Waals surface area contributed by atoms with Gasteiger partial charge < -0.3 is 4.90 Å². The van der Waals surface area contributed by atoms with E-state index in [2.05, 4.69) is 14.9 Å². The molecule has 1 aromatic heterocycles. The van der Waals surface area contributed by atoms with E-state index in [0.29, 0.717) is 11.9 Å². The molecule has 1 atom stereocenters. The van der Waals surface area contributed by atoms with Crippen LogP contribution in [0, 0.1) is 13.8 Å². The molecule has 0 amide bonds. The van der Waals surface area contributed by atoms with Gasteiger partial charge >= 0.3 is 0 Å². The summed E-state index contributed by atoms with van der Waals surface area (Å²) in [7, 11) is 0. The fraction of sp³-hybridized carbons (Fsp3) is 0.636. The molecule has 1 saturated heterocycles. The van der Waals surface area contributed by atoms with Crippen LogP contribution in [0.2, 0.25) is 0 Å². The first-order chi connectivity index (χ1) is 7.22. The lowest BCUT2D eigenvalue weighted by Gasteiger charge is -2.23. The molecule has 0 bridgehead atoms. The summed E-state index contributed by atoms with van der Waals surface area (Å²) in [4.78, 5) is 11.1. The molecule has 82 valence electrons. The van der Waals surface area contributed by atoms with E-state index in [1.54, 1.807) is 0 Å². The second kappa shape index (κ2) is 4.35. The van der Waals surface area contributed by atoms with Crippen molar-refractivity contribution >= 4 is 17.5 Å². The topological polar surface area (TPSA) is 29.0 Å². The van der Waals surface area contributed by atoms with E-state index in [9.17, 15) is 0 Å². The summed E-state index contributed by atoms with van der Waals surface area (Å²) < 4.78 is 0. The van der Waals surface area contributed by atoms with E-state index < -0.39 is 0 Å². The lowest BCUT2D eigenvalue weighted by Crippen LogP contribution is -2.32. The number of rotatable bonds is 2. The monoisotopic (exact) mass is 225 g/mol. The lowest BCUT2D eigenvalue weighted by atomic mass is 10.2. The van der Waals surface area contributed by atoms with Gasteiger partial charge in [-0.3, -0.25) is 0 Å². The molecular weight excluding hydrogens is 210 g/mol. The van der Waals surface area contributed by atoms with Crippen LogP contribution >= 0.6 is 11.6 Å². The minimum Gasteiger partial charge on any atom is -0.337 e. The van der Waals surface area contributed by atoms with Crippen molar-refractivity contribution in [2.75, 3.05) is 17.3 Å². The maximum Gasteiger partial charge on any atom is 0.225 e. The molecule has 1 unspecified atom stereocenters. The van der Waals surface area contributed by atoms with Crippen LogP contribution in [0.4, 0.5) is 5.95 Å². The summed E-state index contributed by atoms with van der Waals surface area (Å²) in [6.45, 7) is 5.08. The molecule has 0 N–H and O–H groups in total. The maximum absolute atomic E-state index is 5.93. The van der Waals surface area contributed by atoms with E-state index in [-0.39, 0.29) is 0 Å². The molecule has 0 aromatic carbocycles. The van der Waals surface area contributed by atoms with Gasteiger partial charge in [0.2, 0.25) is 5.95 Å². The third kappa shape index (κ3) is 2.07. The molecule has 1 aliphatic heterocycles. The number of nitrogens with zero attached hydrogens (tertiary/aromatic N) is 3. The van der Waals surface area contributed by atoms with Gasteiger partial charge in [-0.05, 0) is 32.3 Å². The van der Waals surface area contributed by atoms with Crippen molar-refractivity contribution in [3.05, 3.63) is 17.5 Å². The van der Waals surface area contributed by atoms with Gasteiger partial charge in [0, 0.05) is 30.4 Å². The minimum atomic E-state index is 0.411. The summed E-state index contributed by atoms with van der Waals surface area (Å²) in [6, 6.07) is 0.411. The number of anilines is 1. The van der Waals surface area contributed by atoms with Crippen molar-refractivity contribution in [1.82, 2.24) is 9.97 Å². The van der Waals surface area contributed by atoms with E-state index in [1.807, 2.05) is 20.0 Å². The first-order valence-electron chi connectivity index (χ1n) is 5.35. The van der Waals surface area contributed by atoms with Gasteiger partial charge in [0.25, 0.3) is 0 Å². The van der Waals surface area contributed by atoms with Crippen LogP contribution < -0.4 is 4.90 Å². The molecule has 0 aliphatic carbocycles. The standard InChI is InChI=1S/C11H16ClN3/c1-8-7-13-11(14-9(8)2)15-5-3-4-10(15)6-12/h7,10H,3-6H2,1-2H3. The second-order valence-electron chi connectivity index (χ2n) is 4.08. The Bertz CT molecular complexity index is 354. The quantitative estimate of drug-likeness (QED) is 0.724. The fourth-order valence-corrected chi connectivity index (χ4v) is 2.23. The molecule has 2 heterocycles. The van der Waals surface area contributed by atoms with Crippen molar-refractivity contribution in [2.45, 2.75) is 32.7 Å². The van der Waals surface area contributed by atoms with Crippen LogP contribution in [0.15, 0.2) is 6.20 Å². The van der Waals surface area contributed by atoms with Crippen molar-refractivity contribution in [2.24, 2.45) is 0 Å². The van der Waals surface area contributed by atoms with E-state index in [4.69, 9.17) is 11.6 Å². The van der Waals surface area contributed by atoms with E-state index in [1.165, 1.54) is 6.42 Å². The third-order valence-corrected chi connectivity index (χ3v) is 3.38. The van der Waals surface area contributed by atoms with Gasteiger partial charge in [0.15, 0.2) is 0 Å². The van der Waals surface area contributed by atoms with Gasteiger partial charge in [-0.1, -0.05) is 0 Å². The molecule has 0 saturated carbocycles. The van der Waals surface area contributed by atoms with Crippen molar-refractivity contribution in [1.29, 1.82) is 0 Å². The van der Waals surface area contributed by atoms with E-state index in [0.717, 1.165) is 30.2 Å². The maximum atomic E-state index is 5.93. The Hall–Kier alpha value is -0.830. The molecule has 1 fully saturated rings. The Morgan fingerprint density at radius 2 is 2.33 bits per heavy atom. The van der Waals surface area contributed by atoms with Crippen LogP contribution in [0.5, 0.6) is 0 Å². The van der Waals surface area contributed by atoms with Gasteiger partial charge in [-0.25, -0.2) is 9.97 Å². The Balaban J connectivity index is 2.25. The number of halogens is 1. The second-order valence-corrected chi connectivity index (χ2v) is 4.39. The van der Waals surface area contributed by atoms with Gasteiger partial charge in [-0.15, -0.1) is 11.6 Å². The van der Waals surface area contributed by atoms with Crippen molar-refractivity contribution in [3.8, 4) is 0 Å². The van der Waals surface area contributed by atoms with Crippen LogP contribution in [0.3, 0.4) is 0 Å². The van der Waals surface area contributed by atoms with Crippen molar-refractivity contribution < 1.29 is 0 Å². The molecule has 2 rings (SSSR count). The third-order valence-electron chi connectivity index (χ3n) is 3.02. The molecule has 4 heteroatoms. The van der Waals surface area contributed by atoms with Gasteiger partial charge in [0.05, 0.1) is 0 Å². The smallest absolute Gasteiger partial charge is 0.225 e. The molecule has 3 nitrogen and oxygen atoms in total. The van der Waals surface area contributed by atoms with Crippen LogP contribution in [-0.2, 0) is 0 Å². The molecule has 15 heavy (non-hydrogen) atoms. The highest BCUT2D eigenvalue weighted by atomic mass is 35.5. The molecule has 0 radical (unpaired) electrons. The predicted octanol–water partition coefficient (Wildman–Crippen LogP) is 2.30. The minimum absolute atomic E-state index is 0.411. The molecular formula is C11H16ClN3. The number of aromatic nitrogens is 2. The Morgan fingerprint density at radius 3 is 3.00 bits per heavy atom. The summed E-state index contributed by atoms with van der Waals surface area (Å²) in [5, 5.41) is 0. The average molecular weight is 226 g/mol. The zero-order valence-corrected chi connectivity index (χ0v) is 9.96. The summed E-state index contributed by atoms with van der Waals surface area (Å²) in [5.41, 5.74) is 2.19. The van der Waals surface area contributed by atoms with Gasteiger partial charge in [-0.2, -0.15) is 0 Å². The average Bonchev–Trinajstić information content (AvgIpc) is 2.70. The summed E-state index contributed by atoms with van der Waals surface area (Å²) >= 11 is 5.93. The van der Waals surface area contributed by atoms with Crippen LogP contribution in [0.25, 0.3) is 0 Å². The molecule has 0 spiro atoms. The number of alkyl halides is 1. The normalized spacial score (nSPS) is 21.0. The predicted molar refractivity (Wildman–Crippen MR) is 62.6 cm³/mol. The number of hydrogen-bond acceptors (Lipinski definition) is 3.